The van der Waals surface area contributed by atoms with E-state index in [-0.39, 0.29) is 11.8 Å². The second kappa shape index (κ2) is 18.6. The van der Waals surface area contributed by atoms with Crippen LogP contribution in [0.3, 0.4) is 0 Å². The number of nitrogens with zero attached hydrogens (tertiary/aromatic N) is 6. The molecule has 0 atom stereocenters. The summed E-state index contributed by atoms with van der Waals surface area (Å²) in [5, 5.41) is 0. The van der Waals surface area contributed by atoms with Crippen molar-refractivity contribution in [1.29, 1.82) is 0 Å². The molecule has 0 aromatic heterocycles. The van der Waals surface area contributed by atoms with Crippen molar-refractivity contribution in [3.8, 4) is 0 Å². The fourth-order valence-electron chi connectivity index (χ4n) is 8.16. The maximum atomic E-state index is 12.8. The van der Waals surface area contributed by atoms with Crippen molar-refractivity contribution in [2.75, 3.05) is 105 Å². The SMILES string of the molecule is O=C(c1ccc(Br)cc1)N1CCN(CCN2CCC(CCCC3CCN(CCN4CCN(C(=O)c5ccc(Br)cc5)CC4)CC3)CC2)CC1. The Hall–Kier alpha value is -1.82. The van der Waals surface area contributed by atoms with Crippen molar-refractivity contribution in [1.82, 2.24) is 29.4 Å². The average Bonchev–Trinajstić information content (AvgIpc) is 3.15. The van der Waals surface area contributed by atoms with E-state index < -0.39 is 0 Å². The number of piperazine rings is 2. The minimum Gasteiger partial charge on any atom is -0.336 e. The lowest BCUT2D eigenvalue weighted by atomic mass is 9.87. The summed E-state index contributed by atoms with van der Waals surface area (Å²) in [6, 6.07) is 15.4. The summed E-state index contributed by atoms with van der Waals surface area (Å²) in [5.41, 5.74) is 1.57. The van der Waals surface area contributed by atoms with Gasteiger partial charge in [-0.3, -0.25) is 19.4 Å². The van der Waals surface area contributed by atoms with Gasteiger partial charge in [-0.2, -0.15) is 0 Å². The van der Waals surface area contributed by atoms with Crippen LogP contribution in [0.2, 0.25) is 0 Å². The number of hydrogen-bond acceptors (Lipinski definition) is 6. The molecule has 4 aliphatic rings. The zero-order valence-electron chi connectivity index (χ0n) is 29.3. The highest BCUT2D eigenvalue weighted by atomic mass is 79.9. The summed E-state index contributed by atoms with van der Waals surface area (Å²) < 4.78 is 2.01. The van der Waals surface area contributed by atoms with Crippen molar-refractivity contribution in [2.45, 2.75) is 44.9 Å². The number of benzene rings is 2. The molecule has 2 amide bonds. The molecule has 2 aromatic rings. The maximum Gasteiger partial charge on any atom is 0.253 e. The highest BCUT2D eigenvalue weighted by Crippen LogP contribution is 2.27. The summed E-state index contributed by atoms with van der Waals surface area (Å²) in [4.78, 5) is 40.1. The van der Waals surface area contributed by atoms with Crippen LogP contribution in [0.5, 0.6) is 0 Å². The quantitative estimate of drug-likeness (QED) is 0.262. The van der Waals surface area contributed by atoms with Gasteiger partial charge in [0.05, 0.1) is 0 Å². The molecule has 0 N–H and O–H groups in total. The molecule has 0 saturated carbocycles. The normalized spacial score (nSPS) is 21.3. The molecule has 0 spiro atoms. The van der Waals surface area contributed by atoms with E-state index in [4.69, 9.17) is 0 Å². The van der Waals surface area contributed by atoms with E-state index in [9.17, 15) is 9.59 Å². The lowest BCUT2D eigenvalue weighted by molar-refractivity contribution is 0.0609. The molecule has 0 bridgehead atoms. The highest BCUT2D eigenvalue weighted by molar-refractivity contribution is 9.10. The van der Waals surface area contributed by atoms with Gasteiger partial charge in [0.2, 0.25) is 0 Å². The molecule has 6 rings (SSSR count). The van der Waals surface area contributed by atoms with E-state index in [0.717, 1.165) is 110 Å². The minimum atomic E-state index is 0.158. The number of carbonyl (C=O) groups is 2. The topological polar surface area (TPSA) is 53.6 Å². The van der Waals surface area contributed by atoms with Crippen molar-refractivity contribution in [3.05, 3.63) is 68.6 Å². The minimum absolute atomic E-state index is 0.158. The number of hydrogen-bond donors (Lipinski definition) is 0. The lowest BCUT2D eigenvalue weighted by Crippen LogP contribution is -2.50. The molecule has 10 heteroatoms. The standard InChI is InChI=1S/C39H56Br2N6O2/c40-36-8-4-34(5-9-36)38(48)46-28-24-44(25-29-46)22-20-42-16-12-32(13-17-42)2-1-3-33-14-18-43(19-15-33)21-23-45-26-30-47(31-27-45)39(49)35-6-10-37(41)11-7-35/h4-11,32-33H,1-3,12-31H2. The van der Waals surface area contributed by atoms with Gasteiger partial charge in [0.1, 0.15) is 0 Å². The number of rotatable bonds is 12. The third kappa shape index (κ3) is 11.1. The van der Waals surface area contributed by atoms with Crippen LogP contribution in [-0.4, -0.2) is 146 Å². The van der Waals surface area contributed by atoms with Crippen molar-refractivity contribution < 1.29 is 9.59 Å². The second-order valence-corrected chi connectivity index (χ2v) is 16.6. The zero-order chi connectivity index (χ0) is 34.0. The molecule has 4 aliphatic heterocycles. The fraction of sp³-hybridized carbons (Fsp3) is 0.641. The zero-order valence-corrected chi connectivity index (χ0v) is 32.5. The number of likely N-dealkylation sites (tertiary alicyclic amines) is 2. The molecule has 4 fully saturated rings. The molecule has 49 heavy (non-hydrogen) atoms. The Balaban J connectivity index is 0.767. The van der Waals surface area contributed by atoms with Crippen LogP contribution < -0.4 is 0 Å². The Labute approximate surface area is 311 Å². The van der Waals surface area contributed by atoms with Crippen LogP contribution >= 0.6 is 31.9 Å². The van der Waals surface area contributed by atoms with Crippen molar-refractivity contribution in [2.24, 2.45) is 11.8 Å². The highest BCUT2D eigenvalue weighted by Gasteiger charge is 2.26. The largest absolute Gasteiger partial charge is 0.336 e. The van der Waals surface area contributed by atoms with Gasteiger partial charge in [-0.1, -0.05) is 51.1 Å². The van der Waals surface area contributed by atoms with Crippen LogP contribution in [0.1, 0.15) is 65.7 Å². The lowest BCUT2D eigenvalue weighted by Gasteiger charge is -2.38. The second-order valence-electron chi connectivity index (χ2n) is 14.8. The molecular formula is C39H56Br2N6O2. The van der Waals surface area contributed by atoms with E-state index in [0.29, 0.717) is 0 Å². The van der Waals surface area contributed by atoms with Gasteiger partial charge in [0, 0.05) is 98.6 Å². The molecule has 8 nitrogen and oxygen atoms in total. The summed E-state index contributed by atoms with van der Waals surface area (Å²) >= 11 is 6.91. The predicted molar refractivity (Wildman–Crippen MR) is 205 cm³/mol. The first-order valence-electron chi connectivity index (χ1n) is 18.9. The van der Waals surface area contributed by atoms with Crippen molar-refractivity contribution >= 4 is 43.7 Å². The van der Waals surface area contributed by atoms with Gasteiger partial charge >= 0.3 is 0 Å². The van der Waals surface area contributed by atoms with Gasteiger partial charge in [-0.05, 0) is 112 Å². The van der Waals surface area contributed by atoms with Crippen LogP contribution in [-0.2, 0) is 0 Å². The van der Waals surface area contributed by atoms with Crippen LogP contribution in [0.15, 0.2) is 57.5 Å². The third-order valence-electron chi connectivity index (χ3n) is 11.6. The van der Waals surface area contributed by atoms with E-state index in [1.165, 1.54) is 71.1 Å². The van der Waals surface area contributed by atoms with Crippen LogP contribution in [0.25, 0.3) is 0 Å². The Bertz CT molecular complexity index is 1210. The molecule has 268 valence electrons. The smallest absolute Gasteiger partial charge is 0.253 e. The molecule has 4 heterocycles. The third-order valence-corrected chi connectivity index (χ3v) is 12.7. The Morgan fingerprint density at radius 1 is 0.469 bits per heavy atom. The van der Waals surface area contributed by atoms with Crippen LogP contribution in [0.4, 0.5) is 0 Å². The van der Waals surface area contributed by atoms with E-state index in [2.05, 4.69) is 51.5 Å². The first-order valence-corrected chi connectivity index (χ1v) is 20.5. The predicted octanol–water partition coefficient (Wildman–Crippen LogP) is 6.02. The van der Waals surface area contributed by atoms with E-state index >= 15 is 0 Å². The number of carbonyl (C=O) groups excluding carboxylic acids is 2. The van der Waals surface area contributed by atoms with E-state index in [1.807, 2.05) is 58.3 Å². The molecule has 0 aliphatic carbocycles. The van der Waals surface area contributed by atoms with Crippen LogP contribution in [0, 0.1) is 11.8 Å². The Morgan fingerprint density at radius 3 is 1.10 bits per heavy atom. The first kappa shape index (κ1) is 37.0. The summed E-state index contributed by atoms with van der Waals surface area (Å²) in [6.07, 6.45) is 9.68. The number of amides is 2. The molecule has 4 saturated heterocycles. The van der Waals surface area contributed by atoms with Crippen molar-refractivity contribution in [3.63, 3.8) is 0 Å². The van der Waals surface area contributed by atoms with E-state index in [1.54, 1.807) is 0 Å². The molecule has 2 aromatic carbocycles. The first-order chi connectivity index (χ1) is 23.9. The molecule has 0 unspecified atom stereocenters. The van der Waals surface area contributed by atoms with Gasteiger partial charge in [0.15, 0.2) is 0 Å². The van der Waals surface area contributed by atoms with Gasteiger partial charge in [-0.25, -0.2) is 0 Å². The average molecular weight is 801 g/mol. The maximum absolute atomic E-state index is 12.8. The summed E-state index contributed by atoms with van der Waals surface area (Å²) in [7, 11) is 0. The monoisotopic (exact) mass is 798 g/mol. The summed E-state index contributed by atoms with van der Waals surface area (Å²) in [5.74, 6) is 2.14. The fourth-order valence-corrected chi connectivity index (χ4v) is 8.69. The number of piperidine rings is 2. The Kier molecular flexibility index (Phi) is 14.0. The molecule has 0 radical (unpaired) electrons. The summed E-state index contributed by atoms with van der Waals surface area (Å²) in [6.45, 7) is 16.8. The van der Waals surface area contributed by atoms with Gasteiger partial charge in [0.25, 0.3) is 11.8 Å². The molecular weight excluding hydrogens is 744 g/mol. The number of halogens is 2. The van der Waals surface area contributed by atoms with Gasteiger partial charge in [-0.15, -0.1) is 0 Å². The van der Waals surface area contributed by atoms with Gasteiger partial charge < -0.3 is 19.6 Å². The Morgan fingerprint density at radius 2 is 0.776 bits per heavy atom.